The molecule has 0 N–H and O–H groups in total. The van der Waals surface area contributed by atoms with Crippen molar-refractivity contribution in [1.82, 2.24) is 14.5 Å². The Morgan fingerprint density at radius 2 is 1.04 bits per heavy atom. The van der Waals surface area contributed by atoms with Gasteiger partial charge in [0.2, 0.25) is 0 Å². The van der Waals surface area contributed by atoms with Crippen LogP contribution in [-0.2, 0) is 0 Å². The third-order valence-corrected chi connectivity index (χ3v) is 11.9. The fourth-order valence-corrected chi connectivity index (χ4v) is 9.44. The molecule has 0 amide bonds. The fraction of sp³-hybridized carbons (Fsp3) is 0. The van der Waals surface area contributed by atoms with Crippen LogP contribution in [0.25, 0.3) is 126 Å². The van der Waals surface area contributed by atoms with Crippen molar-refractivity contribution >= 4 is 97.7 Å². The Morgan fingerprint density at radius 1 is 0.393 bits per heavy atom. The van der Waals surface area contributed by atoms with Crippen LogP contribution in [0.3, 0.4) is 0 Å². The number of hydrogen-bond donors (Lipinski definition) is 0. The molecule has 13 aromatic rings. The zero-order valence-electron chi connectivity index (χ0n) is 30.0. The second kappa shape index (κ2) is 11.0. The van der Waals surface area contributed by atoms with Crippen molar-refractivity contribution in [2.24, 2.45) is 0 Å². The van der Waals surface area contributed by atoms with Crippen molar-refractivity contribution in [3.63, 3.8) is 0 Å². The average Bonchev–Trinajstić information content (AvgIpc) is 3.81. The lowest BCUT2D eigenvalue weighted by molar-refractivity contribution is 0.667. The van der Waals surface area contributed by atoms with Gasteiger partial charge in [0, 0.05) is 38.4 Å². The maximum absolute atomic E-state index is 6.51. The Bertz CT molecular complexity index is 3750. The third kappa shape index (κ3) is 4.02. The van der Waals surface area contributed by atoms with Crippen LogP contribution < -0.4 is 0 Å². The molecular formula is C52H29N3O. The van der Waals surface area contributed by atoms with E-state index < -0.39 is 0 Å². The van der Waals surface area contributed by atoms with Gasteiger partial charge in [-0.15, -0.1) is 0 Å². The van der Waals surface area contributed by atoms with Crippen molar-refractivity contribution in [3.05, 3.63) is 176 Å². The lowest BCUT2D eigenvalue weighted by Gasteiger charge is -2.12. The Morgan fingerprint density at radius 3 is 1.91 bits per heavy atom. The molecule has 0 bridgehead atoms. The molecule has 13 rings (SSSR count). The van der Waals surface area contributed by atoms with Crippen LogP contribution in [0.2, 0.25) is 0 Å². The summed E-state index contributed by atoms with van der Waals surface area (Å²) in [6, 6.07) is 63.1. The molecule has 0 fully saturated rings. The van der Waals surface area contributed by atoms with Gasteiger partial charge in [0.1, 0.15) is 16.8 Å². The number of rotatable bonds is 3. The average molecular weight is 712 g/mol. The molecule has 0 spiro atoms. The van der Waals surface area contributed by atoms with Crippen LogP contribution in [0.5, 0.6) is 0 Å². The molecule has 56 heavy (non-hydrogen) atoms. The summed E-state index contributed by atoms with van der Waals surface area (Å²) in [5, 5.41) is 16.1. The van der Waals surface area contributed by atoms with Gasteiger partial charge in [0.15, 0.2) is 11.4 Å². The van der Waals surface area contributed by atoms with Crippen molar-refractivity contribution in [2.75, 3.05) is 0 Å². The summed E-state index contributed by atoms with van der Waals surface area (Å²) >= 11 is 0. The molecule has 10 aromatic carbocycles. The Kier molecular flexibility index (Phi) is 5.86. The molecule has 258 valence electrons. The minimum Gasteiger partial charge on any atom is -0.452 e. The molecule has 4 heteroatoms. The van der Waals surface area contributed by atoms with Crippen molar-refractivity contribution in [2.45, 2.75) is 0 Å². The highest BCUT2D eigenvalue weighted by Crippen LogP contribution is 2.46. The lowest BCUT2D eigenvalue weighted by Crippen LogP contribution is -1.96. The molecule has 4 nitrogen and oxygen atoms in total. The summed E-state index contributed by atoms with van der Waals surface area (Å²) in [7, 11) is 0. The fourth-order valence-electron chi connectivity index (χ4n) is 9.44. The summed E-state index contributed by atoms with van der Waals surface area (Å²) in [4.78, 5) is 10.5. The zero-order valence-corrected chi connectivity index (χ0v) is 30.0. The van der Waals surface area contributed by atoms with E-state index in [2.05, 4.69) is 162 Å². The van der Waals surface area contributed by atoms with Gasteiger partial charge < -0.3 is 8.98 Å². The van der Waals surface area contributed by atoms with Gasteiger partial charge in [-0.3, -0.25) is 0 Å². The molecule has 0 radical (unpaired) electrons. The Hall–Kier alpha value is -7.56. The van der Waals surface area contributed by atoms with Gasteiger partial charge in [0.25, 0.3) is 0 Å². The van der Waals surface area contributed by atoms with Gasteiger partial charge in [-0.05, 0) is 103 Å². The number of aromatic nitrogens is 3. The van der Waals surface area contributed by atoms with Crippen LogP contribution in [0.1, 0.15) is 0 Å². The van der Waals surface area contributed by atoms with Crippen molar-refractivity contribution in [1.29, 1.82) is 0 Å². The summed E-state index contributed by atoms with van der Waals surface area (Å²) in [6.07, 6.45) is 0. The predicted octanol–water partition coefficient (Wildman–Crippen LogP) is 14.0. The molecule has 3 aromatic heterocycles. The SMILES string of the molecule is c1ccc2c(c1)ccc1cc(-c3nc(-c4ccc(-n5c6cccc7c8ccccc8c8c9ccccc9cc5c8c76)cc4)nc4c3oc3ccccc34)ccc12. The monoisotopic (exact) mass is 711 g/mol. The van der Waals surface area contributed by atoms with E-state index in [1.54, 1.807) is 0 Å². The largest absolute Gasteiger partial charge is 0.452 e. The number of fused-ring (bicyclic) bond motifs is 11. The first-order chi connectivity index (χ1) is 27.8. The molecule has 0 atom stereocenters. The highest BCUT2D eigenvalue weighted by Gasteiger charge is 2.22. The first-order valence-electron chi connectivity index (χ1n) is 19.1. The molecule has 0 saturated heterocycles. The molecule has 0 saturated carbocycles. The zero-order chi connectivity index (χ0) is 36.5. The quantitative estimate of drug-likeness (QED) is 0.171. The van der Waals surface area contributed by atoms with E-state index in [0.29, 0.717) is 11.4 Å². The summed E-state index contributed by atoms with van der Waals surface area (Å²) < 4.78 is 8.94. The normalized spacial score (nSPS) is 12.3. The van der Waals surface area contributed by atoms with Crippen molar-refractivity contribution in [3.8, 4) is 28.3 Å². The van der Waals surface area contributed by atoms with Gasteiger partial charge in [-0.25, -0.2) is 9.97 Å². The van der Waals surface area contributed by atoms with Gasteiger partial charge in [-0.1, -0.05) is 121 Å². The van der Waals surface area contributed by atoms with Gasteiger partial charge in [0.05, 0.1) is 11.0 Å². The first-order valence-corrected chi connectivity index (χ1v) is 19.1. The van der Waals surface area contributed by atoms with E-state index >= 15 is 0 Å². The second-order valence-electron chi connectivity index (χ2n) is 14.9. The van der Waals surface area contributed by atoms with Crippen molar-refractivity contribution < 1.29 is 4.42 Å². The van der Waals surface area contributed by atoms with E-state index in [0.717, 1.165) is 44.4 Å². The second-order valence-corrected chi connectivity index (χ2v) is 14.9. The minimum atomic E-state index is 0.662. The predicted molar refractivity (Wildman–Crippen MR) is 233 cm³/mol. The number of nitrogens with zero attached hydrogens (tertiary/aromatic N) is 3. The number of benzene rings is 10. The summed E-state index contributed by atoms with van der Waals surface area (Å²) in [5.41, 5.74) is 8.53. The lowest BCUT2D eigenvalue weighted by atomic mass is 9.91. The van der Waals surface area contributed by atoms with E-state index in [1.807, 2.05) is 18.2 Å². The van der Waals surface area contributed by atoms with E-state index in [1.165, 1.54) is 70.3 Å². The topological polar surface area (TPSA) is 43.9 Å². The first kappa shape index (κ1) is 29.8. The number of hydrogen-bond acceptors (Lipinski definition) is 3. The van der Waals surface area contributed by atoms with Crippen LogP contribution in [0.4, 0.5) is 0 Å². The van der Waals surface area contributed by atoms with Crippen LogP contribution >= 0.6 is 0 Å². The van der Waals surface area contributed by atoms with Gasteiger partial charge in [-0.2, -0.15) is 0 Å². The highest BCUT2D eigenvalue weighted by molar-refractivity contribution is 6.39. The third-order valence-electron chi connectivity index (χ3n) is 11.9. The minimum absolute atomic E-state index is 0.662. The smallest absolute Gasteiger partial charge is 0.180 e. The maximum atomic E-state index is 6.51. The molecule has 3 heterocycles. The molecule has 0 unspecified atom stereocenters. The van der Waals surface area contributed by atoms with Crippen LogP contribution in [0.15, 0.2) is 180 Å². The maximum Gasteiger partial charge on any atom is 0.180 e. The summed E-state index contributed by atoms with van der Waals surface area (Å²) in [5.74, 6) is 0.662. The Balaban J connectivity index is 1.02. The van der Waals surface area contributed by atoms with E-state index in [4.69, 9.17) is 14.4 Å². The van der Waals surface area contributed by atoms with Crippen LogP contribution in [0, 0.1) is 0 Å². The number of para-hydroxylation sites is 1. The van der Waals surface area contributed by atoms with Crippen LogP contribution in [-0.4, -0.2) is 14.5 Å². The summed E-state index contributed by atoms with van der Waals surface area (Å²) in [6.45, 7) is 0. The number of furan rings is 1. The highest BCUT2D eigenvalue weighted by atomic mass is 16.3. The van der Waals surface area contributed by atoms with E-state index in [-0.39, 0.29) is 0 Å². The molecule has 0 aliphatic heterocycles. The standard InChI is InChI=1S/C52H29N3O/c1-3-12-36-30(10-1)20-21-33-28-34(24-27-37(33)36)49-51-50(42-16-7-8-19-45(42)56-51)54-52(53-49)31-22-25-35(26-23-31)55-43-18-9-17-41-39-14-5-6-15-40(39)46-38-13-4-2-11-32(38)29-44(55)48(46)47(41)43/h1-29H. The molecule has 0 aliphatic rings. The molecule has 0 aliphatic carbocycles. The van der Waals surface area contributed by atoms with Gasteiger partial charge >= 0.3 is 0 Å². The Labute approximate surface area is 319 Å². The molecular weight excluding hydrogens is 683 g/mol. The van der Waals surface area contributed by atoms with E-state index in [9.17, 15) is 0 Å².